The fourth-order valence-corrected chi connectivity index (χ4v) is 2.38. The molecule has 19 heavy (non-hydrogen) atoms. The highest BCUT2D eigenvalue weighted by atomic mass is 16.1. The summed E-state index contributed by atoms with van der Waals surface area (Å²) < 4.78 is 0. The molecule has 0 spiro atoms. The normalized spacial score (nSPS) is 11.8. The van der Waals surface area contributed by atoms with Gasteiger partial charge in [0.1, 0.15) is 0 Å². The van der Waals surface area contributed by atoms with E-state index < -0.39 is 0 Å². The van der Waals surface area contributed by atoms with Gasteiger partial charge in [0, 0.05) is 28.6 Å². The van der Waals surface area contributed by atoms with Crippen molar-refractivity contribution in [3.63, 3.8) is 0 Å². The molecule has 0 aliphatic carbocycles. The van der Waals surface area contributed by atoms with E-state index in [1.807, 2.05) is 32.9 Å². The Balaban J connectivity index is 2.10. The number of H-pyrrole nitrogens is 1. The van der Waals surface area contributed by atoms with Gasteiger partial charge < -0.3 is 10.3 Å². The Morgan fingerprint density at radius 3 is 2.63 bits per heavy atom. The largest absolute Gasteiger partial charge is 0.358 e. The van der Waals surface area contributed by atoms with Crippen molar-refractivity contribution in [2.24, 2.45) is 0 Å². The first-order chi connectivity index (χ1) is 8.87. The van der Waals surface area contributed by atoms with Gasteiger partial charge in [0.05, 0.1) is 0 Å². The Hall–Kier alpha value is -1.77. The number of aryl methyl sites for hydroxylation is 2. The molecule has 0 radical (unpaired) electrons. The lowest BCUT2D eigenvalue weighted by molar-refractivity contribution is -0.122. The van der Waals surface area contributed by atoms with Crippen molar-refractivity contribution in [3.05, 3.63) is 35.5 Å². The van der Waals surface area contributed by atoms with Crippen LogP contribution in [0.2, 0.25) is 0 Å². The summed E-state index contributed by atoms with van der Waals surface area (Å²) in [5.74, 6) is 0.109. The van der Waals surface area contributed by atoms with Crippen LogP contribution in [0.25, 0.3) is 10.9 Å². The number of amides is 1. The number of carbonyl (C=O) groups is 1. The first kappa shape index (κ1) is 13.7. The molecule has 0 saturated carbocycles. The lowest BCUT2D eigenvalue weighted by Crippen LogP contribution is -2.40. The minimum atomic E-state index is -0.160. The molecule has 0 aliphatic heterocycles. The number of para-hydroxylation sites is 1. The molecule has 0 bridgehead atoms. The quantitative estimate of drug-likeness (QED) is 0.871. The number of fused-ring (bicyclic) bond motifs is 1. The van der Waals surface area contributed by atoms with Gasteiger partial charge in [-0.05, 0) is 45.7 Å². The summed E-state index contributed by atoms with van der Waals surface area (Å²) in [7, 11) is 0. The first-order valence-electron chi connectivity index (χ1n) is 6.74. The van der Waals surface area contributed by atoms with Crippen molar-refractivity contribution in [3.8, 4) is 0 Å². The second-order valence-corrected chi connectivity index (χ2v) is 6.07. The average Bonchev–Trinajstić information content (AvgIpc) is 2.60. The van der Waals surface area contributed by atoms with E-state index in [4.69, 9.17) is 0 Å². The molecule has 1 aromatic heterocycles. The van der Waals surface area contributed by atoms with Crippen LogP contribution in [-0.2, 0) is 11.2 Å². The summed E-state index contributed by atoms with van der Waals surface area (Å²) in [5, 5.41) is 4.23. The molecule has 0 atom stereocenters. The Kier molecular flexibility index (Phi) is 3.65. The molecule has 2 N–H and O–H groups in total. The van der Waals surface area contributed by atoms with E-state index in [2.05, 4.69) is 29.4 Å². The highest BCUT2D eigenvalue weighted by molar-refractivity contribution is 5.85. The van der Waals surface area contributed by atoms with Crippen LogP contribution < -0.4 is 5.32 Å². The molecule has 3 heteroatoms. The van der Waals surface area contributed by atoms with Gasteiger partial charge >= 0.3 is 0 Å². The van der Waals surface area contributed by atoms with Crippen LogP contribution in [0, 0.1) is 6.92 Å². The number of aromatic amines is 1. The van der Waals surface area contributed by atoms with E-state index in [9.17, 15) is 4.79 Å². The third-order valence-electron chi connectivity index (χ3n) is 3.14. The number of rotatable bonds is 3. The number of hydrogen-bond donors (Lipinski definition) is 2. The Morgan fingerprint density at radius 2 is 1.95 bits per heavy atom. The summed E-state index contributed by atoms with van der Waals surface area (Å²) in [4.78, 5) is 15.2. The molecule has 2 aromatic rings. The predicted molar refractivity (Wildman–Crippen MR) is 79.3 cm³/mol. The smallest absolute Gasteiger partial charge is 0.220 e. The monoisotopic (exact) mass is 258 g/mol. The van der Waals surface area contributed by atoms with Crippen LogP contribution in [0.1, 0.15) is 38.4 Å². The van der Waals surface area contributed by atoms with E-state index in [0.717, 1.165) is 17.6 Å². The van der Waals surface area contributed by atoms with Crippen LogP contribution >= 0.6 is 0 Å². The molecular weight excluding hydrogens is 236 g/mol. The summed E-state index contributed by atoms with van der Waals surface area (Å²) in [6.45, 7) is 8.07. The summed E-state index contributed by atoms with van der Waals surface area (Å²) in [6.07, 6.45) is 1.30. The van der Waals surface area contributed by atoms with E-state index in [1.165, 1.54) is 10.9 Å². The SMILES string of the molecule is Cc1[nH]c2ccccc2c1CCC(=O)NC(C)(C)C. The summed E-state index contributed by atoms with van der Waals surface area (Å²) in [5.41, 5.74) is 3.39. The number of nitrogens with one attached hydrogen (secondary N) is 2. The Labute approximate surface area is 114 Å². The molecule has 1 heterocycles. The second kappa shape index (κ2) is 5.08. The van der Waals surface area contributed by atoms with Crippen molar-refractivity contribution in [1.29, 1.82) is 0 Å². The number of carbonyl (C=O) groups excluding carboxylic acids is 1. The number of benzene rings is 1. The molecule has 2 rings (SSSR count). The van der Waals surface area contributed by atoms with E-state index in [0.29, 0.717) is 6.42 Å². The fourth-order valence-electron chi connectivity index (χ4n) is 2.38. The van der Waals surface area contributed by atoms with Crippen molar-refractivity contribution in [2.45, 2.75) is 46.1 Å². The van der Waals surface area contributed by atoms with Crippen molar-refractivity contribution in [2.75, 3.05) is 0 Å². The minimum Gasteiger partial charge on any atom is -0.358 e. The van der Waals surface area contributed by atoms with Crippen molar-refractivity contribution >= 4 is 16.8 Å². The van der Waals surface area contributed by atoms with Crippen LogP contribution in [0.15, 0.2) is 24.3 Å². The molecule has 0 saturated heterocycles. The molecule has 3 nitrogen and oxygen atoms in total. The van der Waals surface area contributed by atoms with Crippen molar-refractivity contribution < 1.29 is 4.79 Å². The maximum absolute atomic E-state index is 11.9. The zero-order chi connectivity index (χ0) is 14.0. The number of aromatic nitrogens is 1. The van der Waals surface area contributed by atoms with Gasteiger partial charge in [-0.1, -0.05) is 18.2 Å². The van der Waals surface area contributed by atoms with E-state index >= 15 is 0 Å². The molecule has 0 aliphatic rings. The van der Waals surface area contributed by atoms with Crippen LogP contribution in [0.3, 0.4) is 0 Å². The van der Waals surface area contributed by atoms with Gasteiger partial charge in [0.25, 0.3) is 0 Å². The highest BCUT2D eigenvalue weighted by Crippen LogP contribution is 2.23. The molecule has 0 fully saturated rings. The Morgan fingerprint density at radius 1 is 1.26 bits per heavy atom. The maximum Gasteiger partial charge on any atom is 0.220 e. The topological polar surface area (TPSA) is 44.9 Å². The fraction of sp³-hybridized carbons (Fsp3) is 0.438. The average molecular weight is 258 g/mol. The molecular formula is C16H22N2O. The van der Waals surface area contributed by atoms with E-state index in [-0.39, 0.29) is 11.4 Å². The maximum atomic E-state index is 11.9. The zero-order valence-corrected chi connectivity index (χ0v) is 12.1. The Bertz CT molecular complexity index is 590. The molecule has 1 aromatic carbocycles. The van der Waals surface area contributed by atoms with Crippen LogP contribution in [-0.4, -0.2) is 16.4 Å². The minimum absolute atomic E-state index is 0.109. The predicted octanol–water partition coefficient (Wildman–Crippen LogP) is 3.32. The third kappa shape index (κ3) is 3.37. The third-order valence-corrected chi connectivity index (χ3v) is 3.14. The summed E-state index contributed by atoms with van der Waals surface area (Å²) in [6, 6.07) is 8.24. The van der Waals surface area contributed by atoms with Gasteiger partial charge in [-0.2, -0.15) is 0 Å². The second-order valence-electron chi connectivity index (χ2n) is 6.07. The highest BCUT2D eigenvalue weighted by Gasteiger charge is 2.15. The van der Waals surface area contributed by atoms with Gasteiger partial charge in [-0.15, -0.1) is 0 Å². The van der Waals surface area contributed by atoms with Gasteiger partial charge in [0.15, 0.2) is 0 Å². The van der Waals surface area contributed by atoms with Crippen LogP contribution in [0.5, 0.6) is 0 Å². The summed E-state index contributed by atoms with van der Waals surface area (Å²) >= 11 is 0. The standard InChI is InChI=1S/C16H22N2O/c1-11-12(9-10-15(19)18-16(2,3)4)13-7-5-6-8-14(13)17-11/h5-8,17H,9-10H2,1-4H3,(H,18,19). The van der Waals surface area contributed by atoms with Crippen LogP contribution in [0.4, 0.5) is 0 Å². The van der Waals surface area contributed by atoms with E-state index in [1.54, 1.807) is 0 Å². The lowest BCUT2D eigenvalue weighted by atomic mass is 10.0. The first-order valence-corrected chi connectivity index (χ1v) is 6.74. The van der Waals surface area contributed by atoms with Gasteiger partial charge in [-0.25, -0.2) is 0 Å². The zero-order valence-electron chi connectivity index (χ0n) is 12.1. The van der Waals surface area contributed by atoms with Crippen molar-refractivity contribution in [1.82, 2.24) is 10.3 Å². The molecule has 102 valence electrons. The van der Waals surface area contributed by atoms with Gasteiger partial charge in [-0.3, -0.25) is 4.79 Å². The lowest BCUT2D eigenvalue weighted by Gasteiger charge is -2.20. The van der Waals surface area contributed by atoms with Gasteiger partial charge in [0.2, 0.25) is 5.91 Å². The number of hydrogen-bond acceptors (Lipinski definition) is 1. The molecule has 0 unspecified atom stereocenters. The molecule has 1 amide bonds.